The van der Waals surface area contributed by atoms with Gasteiger partial charge in [0.2, 0.25) is 0 Å². The van der Waals surface area contributed by atoms with Crippen molar-refractivity contribution in [3.05, 3.63) is 35.9 Å². The Hall–Kier alpha value is -0.940. The van der Waals surface area contributed by atoms with E-state index in [1.807, 2.05) is 30.3 Å². The summed E-state index contributed by atoms with van der Waals surface area (Å²) in [6.45, 7) is -0.246. The summed E-state index contributed by atoms with van der Waals surface area (Å²) in [5.41, 5.74) is 0.201. The SMILES string of the molecule is OCC(CO)(CO)NCCc1ccccc1. The number of aliphatic hydroxyl groups excluding tert-OH is 3. The molecule has 0 amide bonds. The molecule has 1 aromatic carbocycles. The van der Waals surface area contributed by atoms with Gasteiger partial charge in [-0.2, -0.15) is 0 Å². The van der Waals surface area contributed by atoms with Crippen molar-refractivity contribution in [1.29, 1.82) is 0 Å². The smallest absolute Gasteiger partial charge is 0.0881 e. The Morgan fingerprint density at radius 1 is 0.938 bits per heavy atom. The van der Waals surface area contributed by atoms with E-state index >= 15 is 0 Å². The van der Waals surface area contributed by atoms with Crippen molar-refractivity contribution in [2.24, 2.45) is 0 Å². The van der Waals surface area contributed by atoms with E-state index in [-0.39, 0.29) is 19.8 Å². The molecule has 0 heterocycles. The Labute approximate surface area is 95.6 Å². The molecule has 0 radical (unpaired) electrons. The number of nitrogens with one attached hydrogen (secondary N) is 1. The highest BCUT2D eigenvalue weighted by molar-refractivity contribution is 5.14. The first-order chi connectivity index (χ1) is 7.76. The lowest BCUT2D eigenvalue weighted by atomic mass is 10.0. The van der Waals surface area contributed by atoms with Crippen molar-refractivity contribution in [1.82, 2.24) is 5.32 Å². The zero-order chi connectivity index (χ0) is 11.9. The molecule has 16 heavy (non-hydrogen) atoms. The molecule has 4 nitrogen and oxygen atoms in total. The van der Waals surface area contributed by atoms with Gasteiger partial charge in [0.1, 0.15) is 0 Å². The van der Waals surface area contributed by atoms with Gasteiger partial charge in [-0.25, -0.2) is 0 Å². The second-order valence-electron chi connectivity index (χ2n) is 3.92. The Morgan fingerprint density at radius 3 is 2.00 bits per heavy atom. The van der Waals surface area contributed by atoms with E-state index in [1.165, 1.54) is 5.56 Å². The largest absolute Gasteiger partial charge is 0.394 e. The minimum atomic E-state index is -0.977. The van der Waals surface area contributed by atoms with Crippen molar-refractivity contribution >= 4 is 0 Å². The number of hydrogen-bond acceptors (Lipinski definition) is 4. The van der Waals surface area contributed by atoms with Crippen LogP contribution in [0.25, 0.3) is 0 Å². The maximum absolute atomic E-state index is 9.09. The topological polar surface area (TPSA) is 72.7 Å². The maximum atomic E-state index is 9.09. The van der Waals surface area contributed by atoms with Gasteiger partial charge in [-0.3, -0.25) is 0 Å². The van der Waals surface area contributed by atoms with Gasteiger partial charge < -0.3 is 20.6 Å². The van der Waals surface area contributed by atoms with Gasteiger partial charge in [0.15, 0.2) is 0 Å². The normalized spacial score (nSPS) is 11.7. The summed E-state index contributed by atoms with van der Waals surface area (Å²) < 4.78 is 0. The average Bonchev–Trinajstić information content (AvgIpc) is 2.37. The molecular formula is C12H19NO3. The Kier molecular flexibility index (Phi) is 5.42. The van der Waals surface area contributed by atoms with Gasteiger partial charge in [-0.1, -0.05) is 30.3 Å². The monoisotopic (exact) mass is 225 g/mol. The van der Waals surface area contributed by atoms with Gasteiger partial charge in [-0.15, -0.1) is 0 Å². The third kappa shape index (κ3) is 3.57. The predicted molar refractivity (Wildman–Crippen MR) is 62.1 cm³/mol. The van der Waals surface area contributed by atoms with Crippen LogP contribution in [0, 0.1) is 0 Å². The third-order valence-corrected chi connectivity index (χ3v) is 2.66. The zero-order valence-electron chi connectivity index (χ0n) is 9.26. The average molecular weight is 225 g/mol. The molecule has 0 unspecified atom stereocenters. The molecule has 4 heteroatoms. The highest BCUT2D eigenvalue weighted by atomic mass is 16.3. The van der Waals surface area contributed by atoms with Gasteiger partial charge in [-0.05, 0) is 18.5 Å². The van der Waals surface area contributed by atoms with Gasteiger partial charge in [0.25, 0.3) is 0 Å². The van der Waals surface area contributed by atoms with Crippen LogP contribution < -0.4 is 5.32 Å². The fraction of sp³-hybridized carbons (Fsp3) is 0.500. The second-order valence-corrected chi connectivity index (χ2v) is 3.92. The molecule has 0 aliphatic rings. The van der Waals surface area contributed by atoms with Crippen LogP contribution in [0.3, 0.4) is 0 Å². The molecule has 0 fully saturated rings. The third-order valence-electron chi connectivity index (χ3n) is 2.66. The van der Waals surface area contributed by atoms with Crippen molar-refractivity contribution in [2.75, 3.05) is 26.4 Å². The maximum Gasteiger partial charge on any atom is 0.0881 e. The molecule has 90 valence electrons. The Morgan fingerprint density at radius 2 is 1.50 bits per heavy atom. The summed E-state index contributed by atoms with van der Waals surface area (Å²) in [5, 5.41) is 30.3. The van der Waals surface area contributed by atoms with Crippen LogP contribution >= 0.6 is 0 Å². The van der Waals surface area contributed by atoms with E-state index in [0.717, 1.165) is 6.42 Å². The van der Waals surface area contributed by atoms with Crippen molar-refractivity contribution < 1.29 is 15.3 Å². The molecule has 0 aromatic heterocycles. The van der Waals surface area contributed by atoms with Crippen LogP contribution in [0.15, 0.2) is 30.3 Å². The molecule has 0 aliphatic heterocycles. The molecule has 4 N–H and O–H groups in total. The molecule has 0 saturated carbocycles. The first-order valence-electron chi connectivity index (χ1n) is 5.38. The summed E-state index contributed by atoms with van der Waals surface area (Å²) in [7, 11) is 0. The van der Waals surface area contributed by atoms with Crippen LogP contribution in [0.1, 0.15) is 5.56 Å². The number of benzene rings is 1. The molecule has 0 aliphatic carbocycles. The second kappa shape index (κ2) is 6.60. The molecule has 0 saturated heterocycles. The first-order valence-corrected chi connectivity index (χ1v) is 5.38. The van der Waals surface area contributed by atoms with E-state index in [4.69, 9.17) is 15.3 Å². The molecule has 0 bridgehead atoms. The lowest BCUT2D eigenvalue weighted by Gasteiger charge is -2.28. The van der Waals surface area contributed by atoms with E-state index in [0.29, 0.717) is 6.54 Å². The lowest BCUT2D eigenvalue weighted by Crippen LogP contribution is -2.55. The van der Waals surface area contributed by atoms with Crippen LogP contribution in [0.2, 0.25) is 0 Å². The molecule has 1 rings (SSSR count). The van der Waals surface area contributed by atoms with Crippen LogP contribution in [0.4, 0.5) is 0 Å². The first kappa shape index (κ1) is 13.1. The van der Waals surface area contributed by atoms with Crippen LogP contribution in [-0.2, 0) is 6.42 Å². The van der Waals surface area contributed by atoms with Gasteiger partial charge in [0, 0.05) is 0 Å². The summed E-state index contributed by atoms with van der Waals surface area (Å²) in [6, 6.07) is 9.91. The quantitative estimate of drug-likeness (QED) is 0.506. The van der Waals surface area contributed by atoms with E-state index in [9.17, 15) is 0 Å². The fourth-order valence-corrected chi connectivity index (χ4v) is 1.43. The number of aliphatic hydroxyl groups is 3. The number of hydrogen-bond donors (Lipinski definition) is 4. The fourth-order valence-electron chi connectivity index (χ4n) is 1.43. The summed E-state index contributed by atoms with van der Waals surface area (Å²) >= 11 is 0. The summed E-state index contributed by atoms with van der Waals surface area (Å²) in [6.07, 6.45) is 0.794. The minimum absolute atomic E-state index is 0.283. The van der Waals surface area contributed by atoms with Crippen LogP contribution in [0.5, 0.6) is 0 Å². The van der Waals surface area contributed by atoms with Gasteiger partial charge in [0.05, 0.1) is 25.4 Å². The molecular weight excluding hydrogens is 206 g/mol. The van der Waals surface area contributed by atoms with E-state index < -0.39 is 5.54 Å². The van der Waals surface area contributed by atoms with E-state index in [1.54, 1.807) is 0 Å². The van der Waals surface area contributed by atoms with E-state index in [2.05, 4.69) is 5.32 Å². The lowest BCUT2D eigenvalue weighted by molar-refractivity contribution is 0.0431. The van der Waals surface area contributed by atoms with Crippen molar-refractivity contribution in [2.45, 2.75) is 12.0 Å². The summed E-state index contributed by atoms with van der Waals surface area (Å²) in [4.78, 5) is 0. The Bertz CT molecular complexity index is 277. The summed E-state index contributed by atoms with van der Waals surface area (Å²) in [5.74, 6) is 0. The molecule has 0 spiro atoms. The van der Waals surface area contributed by atoms with Crippen LogP contribution in [-0.4, -0.2) is 47.2 Å². The minimum Gasteiger partial charge on any atom is -0.394 e. The van der Waals surface area contributed by atoms with Gasteiger partial charge >= 0.3 is 0 Å². The highest BCUT2D eigenvalue weighted by Gasteiger charge is 2.26. The molecule has 0 atom stereocenters. The number of rotatable bonds is 7. The van der Waals surface area contributed by atoms with Crippen molar-refractivity contribution in [3.8, 4) is 0 Å². The zero-order valence-corrected chi connectivity index (χ0v) is 9.26. The predicted octanol–water partition coefficient (Wildman–Crippen LogP) is -0.466. The van der Waals surface area contributed by atoms with Crippen molar-refractivity contribution in [3.63, 3.8) is 0 Å². The Balaban J connectivity index is 2.39. The highest BCUT2D eigenvalue weighted by Crippen LogP contribution is 2.03. The standard InChI is InChI=1S/C12H19NO3/c14-8-12(9-15,10-16)13-7-6-11-4-2-1-3-5-11/h1-5,13-16H,6-10H2. The molecule has 1 aromatic rings.